The Labute approximate surface area is 997 Å². The van der Waals surface area contributed by atoms with Gasteiger partial charge in [-0.15, -0.1) is 0 Å². The number of H-pyrrole nitrogens is 2. The number of benzene rings is 6. The third-order valence-electron chi connectivity index (χ3n) is 18.6. The molecule has 6 aromatic carbocycles. The van der Waals surface area contributed by atoms with Crippen LogP contribution < -0.4 is 125 Å². The first-order valence-corrected chi connectivity index (χ1v) is 51.2. The molecule has 34 nitrogen and oxygen atoms in total. The molecule has 0 aliphatic rings. The minimum Gasteiger partial charge on any atom is -1.00 e. The van der Waals surface area contributed by atoms with Crippen LogP contribution in [0.4, 0.5) is 5.82 Å². The number of rotatable bonds is 26. The largest absolute Gasteiger partial charge is 1.00 e. The molecule has 0 spiro atoms. The van der Waals surface area contributed by atoms with Gasteiger partial charge in [-0.1, -0.05) is 156 Å². The molecule has 0 aliphatic carbocycles. The molecular weight excluding hydrogens is 2320 g/mol. The summed E-state index contributed by atoms with van der Waals surface area (Å²) in [6.45, 7) is 11.7. The minimum atomic E-state index is -3.22. The average molecular weight is 2400 g/mol. The molecule has 15 rings (SSSR count). The van der Waals surface area contributed by atoms with Gasteiger partial charge in [0.05, 0.1) is 96.5 Å². The van der Waals surface area contributed by atoms with Crippen molar-refractivity contribution in [2.45, 2.75) is 80.7 Å². The number of nitrogens with zero attached hydrogens (tertiary/aromatic N) is 14. The summed E-state index contributed by atoms with van der Waals surface area (Å²) in [6.07, 6.45) is 10.1. The molecule has 0 aliphatic heterocycles. The normalized spacial score (nSPS) is 10.3. The second kappa shape index (κ2) is 63.5. The summed E-state index contributed by atoms with van der Waals surface area (Å²) in [4.78, 5) is 143. The number of esters is 2. The summed E-state index contributed by atoms with van der Waals surface area (Å²) in [5.74, 6) is -1.96. The average Bonchev–Trinajstić information content (AvgIpc) is 1.62. The number of Topliss-reactive ketones (excluding diaryl/α,β-unsaturated/α-hetero) is 7. The Kier molecular flexibility index (Phi) is 55.6. The molecule has 0 bridgehead atoms. The number of nitrogens with two attached hydrogens (primary N) is 1. The number of carbonyl (C=O) groups is 10. The molecule has 9 aromatic heterocycles. The zero-order chi connectivity index (χ0) is 107. The zero-order valence-electron chi connectivity index (χ0n) is 79.0. The van der Waals surface area contributed by atoms with Gasteiger partial charge in [-0.3, -0.25) is 57.8 Å². The molecule has 146 heavy (non-hydrogen) atoms. The van der Waals surface area contributed by atoms with Crippen LogP contribution in [0.25, 0.3) is 50.3 Å². The van der Waals surface area contributed by atoms with Gasteiger partial charge < -0.3 is 37.1 Å². The maximum Gasteiger partial charge on any atom is 1.00 e. The number of anilines is 1. The number of ether oxygens (including phenoxy) is 2. The molecule has 0 radical (unpaired) electrons. The molecule has 15 aromatic rings. The monoisotopic (exact) mass is 2390 g/mol. The first kappa shape index (κ1) is 128. The number of nitriles is 2. The number of hydrogen-bond acceptors (Lipinski definition) is 28. The number of aryl methyl sites for hydroxylation is 2. The Hall–Kier alpha value is -8.61. The second-order valence-corrected chi connectivity index (χ2v) is 40.8. The smallest absolute Gasteiger partial charge is 1.00 e. The molecule has 0 unspecified atom stereocenters. The summed E-state index contributed by atoms with van der Waals surface area (Å²) < 4.78 is 24.8. The topological polar surface area (TPSA) is 494 Å². The predicted molar refractivity (Wildman–Crippen MR) is 559 cm³/mol. The van der Waals surface area contributed by atoms with Crippen molar-refractivity contribution < 1.29 is 176 Å². The Morgan fingerprint density at radius 3 is 1.40 bits per heavy atom. The fourth-order valence-electron chi connectivity index (χ4n) is 11.9. The van der Waals surface area contributed by atoms with E-state index in [2.05, 4.69) is 118 Å². The van der Waals surface area contributed by atoms with Gasteiger partial charge in [-0.05, 0) is 213 Å². The van der Waals surface area contributed by atoms with Gasteiger partial charge in [0.1, 0.15) is 69.0 Å². The van der Waals surface area contributed by atoms with E-state index in [1.807, 2.05) is 30.3 Å². The van der Waals surface area contributed by atoms with Crippen molar-refractivity contribution in [3.05, 3.63) is 322 Å². The number of pyridine rings is 1. The molecule has 0 saturated carbocycles. The van der Waals surface area contributed by atoms with Crippen LogP contribution in [0.15, 0.2) is 187 Å². The van der Waals surface area contributed by atoms with Crippen LogP contribution in [0.3, 0.4) is 0 Å². The van der Waals surface area contributed by atoms with Crippen LogP contribution in [0.1, 0.15) is 179 Å². The number of aromatic amines is 2. The third kappa shape index (κ3) is 40.6. The maximum absolute atomic E-state index is 12.4. The van der Waals surface area contributed by atoms with Crippen molar-refractivity contribution in [3.8, 4) is 45.9 Å². The van der Waals surface area contributed by atoms with E-state index in [9.17, 15) is 52.5 Å². The van der Waals surface area contributed by atoms with E-state index in [0.717, 1.165) is 42.6 Å². The van der Waals surface area contributed by atoms with Gasteiger partial charge >= 0.3 is 120 Å². The van der Waals surface area contributed by atoms with E-state index in [1.54, 1.807) is 134 Å². The van der Waals surface area contributed by atoms with E-state index in [4.69, 9.17) is 168 Å². The summed E-state index contributed by atoms with van der Waals surface area (Å²) in [6, 6.07) is 47.4. The van der Waals surface area contributed by atoms with E-state index >= 15 is 0 Å². The molecule has 5 N–H and O–H groups in total. The zero-order valence-corrected chi connectivity index (χ0v) is 97.3. The molecule has 752 valence electrons. The van der Waals surface area contributed by atoms with Crippen LogP contribution in [-0.2, 0) is 43.1 Å². The number of halogens is 15. The fourth-order valence-corrected chi connectivity index (χ4v) is 15.0. The van der Waals surface area contributed by atoms with E-state index in [1.165, 1.54) is 85.6 Å². The van der Waals surface area contributed by atoms with Crippen molar-refractivity contribution in [2.75, 3.05) is 37.0 Å². The first-order chi connectivity index (χ1) is 68.2. The van der Waals surface area contributed by atoms with Crippen LogP contribution in [0.2, 0.25) is 55.4 Å². The van der Waals surface area contributed by atoms with Gasteiger partial charge in [0.15, 0.2) is 51.5 Å². The van der Waals surface area contributed by atoms with Crippen LogP contribution in [-0.4, -0.2) is 159 Å². The Morgan fingerprint density at radius 2 is 0.959 bits per heavy atom. The van der Waals surface area contributed by atoms with E-state index in [0.29, 0.717) is 143 Å². The van der Waals surface area contributed by atoms with Crippen LogP contribution in [0, 0.1) is 22.7 Å². The Morgan fingerprint density at radius 1 is 0.527 bits per heavy atom. The Balaban J connectivity index is 0.000000359. The molecule has 52 heteroatoms. The van der Waals surface area contributed by atoms with Gasteiger partial charge in [-0.2, -0.15) is 36.0 Å². The van der Waals surface area contributed by atoms with Crippen LogP contribution >= 0.6 is 182 Å². The molecular formula is C94H78BrCl14K2N18O16P. The fraction of sp³-hybridized carbons (Fsp3) is 0.181. The van der Waals surface area contributed by atoms with Crippen molar-refractivity contribution in [2.24, 2.45) is 5.73 Å². The number of alkyl halides is 1. The Bertz CT molecular complexity index is 7430. The van der Waals surface area contributed by atoms with Crippen LogP contribution in [0.5, 0.6) is 0 Å². The molecule has 0 amide bonds. The van der Waals surface area contributed by atoms with Gasteiger partial charge in [0.2, 0.25) is 0 Å². The van der Waals surface area contributed by atoms with Gasteiger partial charge in [-0.25, -0.2) is 37.8 Å². The van der Waals surface area contributed by atoms with Crippen molar-refractivity contribution in [1.29, 1.82) is 10.5 Å². The SMILES string of the molecule is CC(=O)c1cc2c(=O)[nH]c(-c3ccc(Cl)cc3Cl)cn2n1.CC(=O)c1cc2c(Cl)nc(-c3ccc(Cl)cc3Cl)cn2n1.CC(=O)c1cc2c(NCCCc3ccc(C#N)cn3)nc(-c3ccc(Cl)cc3Cl)cn2n1.CCOC(=O)c1cc(C(C)=O)n[nH]1.CCOC(=O)c1cc(C(C)=O)nn1CC(=O)c1ccc(Cl)cc1Cl.N#Cc1ccc(CCCN)cc1.O=C(CBr)c1ccc(Cl)cc1Cl.O=CO[O-].O=P(Cl)(Cl)Cl.[H-].[K+].[K+]. The number of hydrogen-bond donors (Lipinski definition) is 4. The molecule has 0 fully saturated rings. The van der Waals surface area contributed by atoms with Gasteiger partial charge in [0.25, 0.3) is 12.0 Å². The summed E-state index contributed by atoms with van der Waals surface area (Å²) >= 11 is 82.8. The van der Waals surface area contributed by atoms with E-state index < -0.39 is 17.1 Å². The molecule has 0 saturated heterocycles. The molecule has 0 atom stereocenters. The minimum absolute atomic E-state index is 0. The standard InChI is InChI=1S/C23H18Cl2N6O.C16H14Cl2N2O4.C14H8Cl3N3O.C14H9Cl2N3O2.C10H12N2.C8H5BrCl2O.C8H10N2O3.CH2O3.Cl3OP.2K.H/c1-14(32)20-10-22-23(27-8-2-3-17-6-4-15(11-26)12-28-17)29-21(13-31(22)30-20)18-7-5-16(24)9-19(18)25;1-3-24-16(23)14-7-13(9(2)21)19-20(14)8-15(22)11-5-4-10(17)6-12(11)18;1-7(21)11-5-13-14(17)18-12(6-20(13)19-11)9-3-2-8(15)4-10(9)16;1-7(20)11-5-13-14(21)17-12(6-19(13)18-11)9-3-2-8(15)4-10(9)16;11-7-1-2-9-3-5-10(8-12)6-4-9;9-4-8(12)6-2-1-5(10)3-7(6)11;1-3-13-8(12)7-4-6(5(2)11)9-10-7;2-1-4-3;1-5(2,3)4;;;/h4-7,9-10,12-13H,2-3,8H2,1H3,(H,27,29);4-7H,3,8H2,1-2H3;2-6H,1H3;2-6H,1H3,(H,17,21);3-6H,1-2,7,11H2;1-3H,4H2;4H,3H2,1-2H3,(H,9,10);1,3H;;;;/q;;;;;;;;;2*+1;-1/p-1. The summed E-state index contributed by atoms with van der Waals surface area (Å²) in [7, 11) is 0. The second-order valence-electron chi connectivity index (χ2n) is 29.0. The third-order valence-corrected chi connectivity index (χ3v) is 22.2. The summed E-state index contributed by atoms with van der Waals surface area (Å²) in [5.41, 5.74) is 15.9. The first-order valence-electron chi connectivity index (χ1n) is 41.5. The van der Waals surface area contributed by atoms with Crippen molar-refractivity contribution >= 4 is 264 Å². The summed E-state index contributed by atoms with van der Waals surface area (Å²) in [5, 5.41) is 53.7. The number of ketones is 7. The maximum atomic E-state index is 12.4. The number of aromatic nitrogens is 14. The number of carbonyl (C=O) groups excluding carboxylic acids is 10. The van der Waals surface area contributed by atoms with Crippen molar-refractivity contribution in [3.63, 3.8) is 0 Å². The predicted octanol–water partition coefficient (Wildman–Crippen LogP) is 17.6. The number of fused-ring (bicyclic) bond motifs is 3. The molecule has 9 heterocycles. The van der Waals surface area contributed by atoms with Crippen molar-refractivity contribution in [1.82, 2.24) is 68.8 Å². The van der Waals surface area contributed by atoms with Gasteiger partial charge in [0, 0.05) is 124 Å². The quantitative estimate of drug-likeness (QED) is 0.00450. The van der Waals surface area contributed by atoms with E-state index in [-0.39, 0.29) is 219 Å². The number of nitrogens with one attached hydrogen (secondary N) is 3.